The number of rotatable bonds is 7. The second-order valence-corrected chi connectivity index (χ2v) is 5.64. The van der Waals surface area contributed by atoms with Crippen LogP contribution in [0.5, 0.6) is 5.75 Å². The minimum atomic E-state index is 0.175. The van der Waals surface area contributed by atoms with E-state index in [1.54, 1.807) is 0 Å². The van der Waals surface area contributed by atoms with Gasteiger partial charge in [0.15, 0.2) is 0 Å². The van der Waals surface area contributed by atoms with E-state index in [0.29, 0.717) is 0 Å². The van der Waals surface area contributed by atoms with Gasteiger partial charge < -0.3 is 10.5 Å². The van der Waals surface area contributed by atoms with Crippen molar-refractivity contribution >= 4 is 11.6 Å². The summed E-state index contributed by atoms with van der Waals surface area (Å²) in [7, 11) is 0. The van der Waals surface area contributed by atoms with Crippen molar-refractivity contribution in [1.29, 1.82) is 0 Å². The second kappa shape index (κ2) is 6.44. The van der Waals surface area contributed by atoms with Crippen molar-refractivity contribution in [3.05, 3.63) is 28.8 Å². The SMILES string of the molecule is CCC(N)Cc1cc(Cl)ccc1OCCC1CC1. The van der Waals surface area contributed by atoms with Crippen LogP contribution in [0.25, 0.3) is 0 Å². The topological polar surface area (TPSA) is 35.2 Å². The average Bonchev–Trinajstić information content (AvgIpc) is 3.16. The van der Waals surface area contributed by atoms with Crippen molar-refractivity contribution in [3.63, 3.8) is 0 Å². The minimum Gasteiger partial charge on any atom is -0.493 e. The van der Waals surface area contributed by atoms with Gasteiger partial charge in [0.05, 0.1) is 6.61 Å². The molecule has 1 aliphatic rings. The first kappa shape index (κ1) is 13.7. The third-order valence-corrected chi connectivity index (χ3v) is 3.74. The highest BCUT2D eigenvalue weighted by Gasteiger charge is 2.21. The number of ether oxygens (including phenoxy) is 1. The average molecular weight is 268 g/mol. The molecule has 0 radical (unpaired) electrons. The van der Waals surface area contributed by atoms with Crippen LogP contribution in [-0.2, 0) is 6.42 Å². The fourth-order valence-electron chi connectivity index (χ4n) is 2.02. The molecule has 1 atom stereocenters. The molecule has 0 spiro atoms. The lowest BCUT2D eigenvalue weighted by Gasteiger charge is -2.14. The second-order valence-electron chi connectivity index (χ2n) is 5.21. The maximum atomic E-state index is 6.04. The Hall–Kier alpha value is -0.730. The Morgan fingerprint density at radius 2 is 2.22 bits per heavy atom. The first-order chi connectivity index (χ1) is 8.69. The van der Waals surface area contributed by atoms with Crippen molar-refractivity contribution < 1.29 is 4.74 Å². The molecule has 0 amide bonds. The summed E-state index contributed by atoms with van der Waals surface area (Å²) in [5.74, 6) is 1.85. The van der Waals surface area contributed by atoms with Crippen molar-refractivity contribution in [2.24, 2.45) is 11.7 Å². The van der Waals surface area contributed by atoms with Crippen LogP contribution in [-0.4, -0.2) is 12.6 Å². The van der Waals surface area contributed by atoms with E-state index >= 15 is 0 Å². The molecule has 100 valence electrons. The van der Waals surface area contributed by atoms with Crippen LogP contribution in [0.3, 0.4) is 0 Å². The van der Waals surface area contributed by atoms with Crippen molar-refractivity contribution in [2.45, 2.75) is 45.1 Å². The van der Waals surface area contributed by atoms with E-state index in [9.17, 15) is 0 Å². The van der Waals surface area contributed by atoms with Crippen LogP contribution in [0.4, 0.5) is 0 Å². The van der Waals surface area contributed by atoms with Crippen LogP contribution in [0.1, 0.15) is 38.2 Å². The molecule has 0 aliphatic heterocycles. The zero-order valence-electron chi connectivity index (χ0n) is 11.0. The van der Waals surface area contributed by atoms with Gasteiger partial charge in [-0.3, -0.25) is 0 Å². The molecule has 2 nitrogen and oxygen atoms in total. The molecule has 2 N–H and O–H groups in total. The van der Waals surface area contributed by atoms with Gasteiger partial charge in [0.2, 0.25) is 0 Å². The standard InChI is InChI=1S/C15H22ClNO/c1-2-14(17)10-12-9-13(16)5-6-15(12)18-8-7-11-3-4-11/h5-6,9,11,14H,2-4,7-8,10,17H2,1H3. The summed E-state index contributed by atoms with van der Waals surface area (Å²) >= 11 is 6.04. The Kier molecular flexibility index (Phi) is 4.90. The van der Waals surface area contributed by atoms with Crippen LogP contribution >= 0.6 is 11.6 Å². The van der Waals surface area contributed by atoms with E-state index in [1.807, 2.05) is 18.2 Å². The molecular formula is C15H22ClNO. The monoisotopic (exact) mass is 267 g/mol. The van der Waals surface area contributed by atoms with E-state index in [-0.39, 0.29) is 6.04 Å². The lowest BCUT2D eigenvalue weighted by Crippen LogP contribution is -2.21. The highest BCUT2D eigenvalue weighted by Crippen LogP contribution is 2.32. The molecule has 0 saturated heterocycles. The molecular weight excluding hydrogens is 246 g/mol. The molecule has 18 heavy (non-hydrogen) atoms. The third kappa shape index (κ3) is 4.18. The predicted octanol–water partition coefficient (Wildman–Crippen LogP) is 3.80. The number of benzene rings is 1. The largest absolute Gasteiger partial charge is 0.493 e. The van der Waals surface area contributed by atoms with Gasteiger partial charge >= 0.3 is 0 Å². The van der Waals surface area contributed by atoms with Crippen molar-refractivity contribution in [3.8, 4) is 5.75 Å². The molecule has 1 unspecified atom stereocenters. The third-order valence-electron chi connectivity index (χ3n) is 3.51. The van der Waals surface area contributed by atoms with E-state index in [4.69, 9.17) is 22.1 Å². The summed E-state index contributed by atoms with van der Waals surface area (Å²) in [5, 5.41) is 0.753. The van der Waals surface area contributed by atoms with Crippen LogP contribution in [0, 0.1) is 5.92 Å². The summed E-state index contributed by atoms with van der Waals surface area (Å²) in [6.45, 7) is 2.91. The highest BCUT2D eigenvalue weighted by atomic mass is 35.5. The van der Waals surface area contributed by atoms with E-state index in [2.05, 4.69) is 6.92 Å². The molecule has 0 heterocycles. The number of hydrogen-bond donors (Lipinski definition) is 1. The molecule has 1 aromatic carbocycles. The number of nitrogens with two attached hydrogens (primary N) is 1. The summed E-state index contributed by atoms with van der Waals surface area (Å²) in [4.78, 5) is 0. The number of halogens is 1. The summed E-state index contributed by atoms with van der Waals surface area (Å²) in [6.07, 6.45) is 5.71. The molecule has 0 bridgehead atoms. The van der Waals surface area contributed by atoms with Crippen molar-refractivity contribution in [1.82, 2.24) is 0 Å². The van der Waals surface area contributed by atoms with E-state index in [0.717, 1.165) is 41.7 Å². The molecule has 1 fully saturated rings. The first-order valence-electron chi connectivity index (χ1n) is 6.86. The normalized spacial score (nSPS) is 16.6. The quantitative estimate of drug-likeness (QED) is 0.816. The number of hydrogen-bond acceptors (Lipinski definition) is 2. The zero-order chi connectivity index (χ0) is 13.0. The Morgan fingerprint density at radius 1 is 1.44 bits per heavy atom. The lowest BCUT2D eigenvalue weighted by atomic mass is 10.0. The van der Waals surface area contributed by atoms with Gasteiger partial charge in [-0.25, -0.2) is 0 Å². The van der Waals surface area contributed by atoms with E-state index < -0.39 is 0 Å². The zero-order valence-corrected chi connectivity index (χ0v) is 11.7. The molecule has 3 heteroatoms. The van der Waals surface area contributed by atoms with Gasteiger partial charge in [-0.05, 0) is 48.9 Å². The molecule has 1 saturated carbocycles. The molecule has 1 aromatic rings. The van der Waals surface area contributed by atoms with Crippen LogP contribution in [0.15, 0.2) is 18.2 Å². The minimum absolute atomic E-state index is 0.175. The molecule has 1 aliphatic carbocycles. The van der Waals surface area contributed by atoms with Crippen LogP contribution in [0.2, 0.25) is 5.02 Å². The van der Waals surface area contributed by atoms with Gasteiger partial charge in [-0.2, -0.15) is 0 Å². The van der Waals surface area contributed by atoms with Gasteiger partial charge in [0.1, 0.15) is 5.75 Å². The highest BCUT2D eigenvalue weighted by molar-refractivity contribution is 6.30. The van der Waals surface area contributed by atoms with Gasteiger partial charge in [0, 0.05) is 11.1 Å². The van der Waals surface area contributed by atoms with E-state index in [1.165, 1.54) is 19.3 Å². The Labute approximate surface area is 114 Å². The van der Waals surface area contributed by atoms with Crippen molar-refractivity contribution in [2.75, 3.05) is 6.61 Å². The fraction of sp³-hybridized carbons (Fsp3) is 0.600. The Bertz CT molecular complexity index is 390. The lowest BCUT2D eigenvalue weighted by molar-refractivity contribution is 0.299. The smallest absolute Gasteiger partial charge is 0.122 e. The summed E-state index contributed by atoms with van der Waals surface area (Å²) in [5.41, 5.74) is 7.14. The summed E-state index contributed by atoms with van der Waals surface area (Å²) in [6, 6.07) is 6.00. The Morgan fingerprint density at radius 3 is 2.89 bits per heavy atom. The molecule has 2 rings (SSSR count). The first-order valence-corrected chi connectivity index (χ1v) is 7.23. The summed E-state index contributed by atoms with van der Waals surface area (Å²) < 4.78 is 5.87. The molecule has 0 aromatic heterocycles. The fourth-order valence-corrected chi connectivity index (χ4v) is 2.21. The van der Waals surface area contributed by atoms with Crippen LogP contribution < -0.4 is 10.5 Å². The van der Waals surface area contributed by atoms with Gasteiger partial charge in [-0.1, -0.05) is 31.4 Å². The van der Waals surface area contributed by atoms with Gasteiger partial charge in [0.25, 0.3) is 0 Å². The predicted molar refractivity (Wildman–Crippen MR) is 76.3 cm³/mol. The Balaban J connectivity index is 1.96. The maximum absolute atomic E-state index is 6.04. The maximum Gasteiger partial charge on any atom is 0.122 e. The van der Waals surface area contributed by atoms with Gasteiger partial charge in [-0.15, -0.1) is 0 Å².